The summed E-state index contributed by atoms with van der Waals surface area (Å²) >= 11 is 0. The standard InChI is InChI=1S/C13H11NO3/c1-2-7-14-8-10-9-5-3-4-6-11(9)17-12(10)13(15)16/h1,3-6,14H,7-8H2,(H,15,16). The minimum Gasteiger partial charge on any atom is -0.475 e. The van der Waals surface area contributed by atoms with Crippen LogP contribution in [0.4, 0.5) is 0 Å². The van der Waals surface area contributed by atoms with Gasteiger partial charge in [-0.05, 0) is 6.07 Å². The molecule has 0 saturated heterocycles. The first kappa shape index (κ1) is 11.2. The van der Waals surface area contributed by atoms with Crippen LogP contribution in [0.1, 0.15) is 16.1 Å². The van der Waals surface area contributed by atoms with Crippen LogP contribution in [-0.4, -0.2) is 17.6 Å². The van der Waals surface area contributed by atoms with E-state index in [-0.39, 0.29) is 5.76 Å². The van der Waals surface area contributed by atoms with E-state index in [4.69, 9.17) is 15.9 Å². The van der Waals surface area contributed by atoms with Crippen molar-refractivity contribution in [1.29, 1.82) is 0 Å². The van der Waals surface area contributed by atoms with Gasteiger partial charge in [0.2, 0.25) is 5.76 Å². The Morgan fingerprint density at radius 3 is 2.94 bits per heavy atom. The monoisotopic (exact) mass is 229 g/mol. The van der Waals surface area contributed by atoms with E-state index in [2.05, 4.69) is 11.2 Å². The van der Waals surface area contributed by atoms with Gasteiger partial charge < -0.3 is 14.8 Å². The molecule has 86 valence electrons. The Labute approximate surface area is 98.2 Å². The van der Waals surface area contributed by atoms with Crippen LogP contribution in [-0.2, 0) is 6.54 Å². The van der Waals surface area contributed by atoms with E-state index in [9.17, 15) is 4.79 Å². The van der Waals surface area contributed by atoms with Gasteiger partial charge in [-0.15, -0.1) is 6.42 Å². The van der Waals surface area contributed by atoms with E-state index in [0.29, 0.717) is 24.2 Å². The highest BCUT2D eigenvalue weighted by atomic mass is 16.4. The molecule has 0 amide bonds. The highest BCUT2D eigenvalue weighted by molar-refractivity contribution is 5.95. The van der Waals surface area contributed by atoms with E-state index < -0.39 is 5.97 Å². The van der Waals surface area contributed by atoms with Crippen molar-refractivity contribution in [3.8, 4) is 12.3 Å². The Balaban J connectivity index is 2.45. The van der Waals surface area contributed by atoms with Crippen molar-refractivity contribution in [1.82, 2.24) is 5.32 Å². The molecule has 0 radical (unpaired) electrons. The molecule has 0 bridgehead atoms. The summed E-state index contributed by atoms with van der Waals surface area (Å²) in [4.78, 5) is 11.1. The zero-order valence-corrected chi connectivity index (χ0v) is 9.06. The first-order chi connectivity index (χ1) is 8.24. The van der Waals surface area contributed by atoms with Crippen LogP contribution in [0, 0.1) is 12.3 Å². The molecular weight excluding hydrogens is 218 g/mol. The summed E-state index contributed by atoms with van der Waals surface area (Å²) < 4.78 is 5.30. The SMILES string of the molecule is C#CCNCc1c(C(=O)O)oc2ccccc12. The molecule has 0 aliphatic rings. The molecule has 0 atom stereocenters. The van der Waals surface area contributed by atoms with Crippen LogP contribution in [0.3, 0.4) is 0 Å². The van der Waals surface area contributed by atoms with Gasteiger partial charge in [0.15, 0.2) is 0 Å². The van der Waals surface area contributed by atoms with Crippen molar-refractivity contribution >= 4 is 16.9 Å². The Kier molecular flexibility index (Phi) is 3.12. The van der Waals surface area contributed by atoms with E-state index in [1.54, 1.807) is 12.1 Å². The first-order valence-corrected chi connectivity index (χ1v) is 5.12. The van der Waals surface area contributed by atoms with E-state index in [0.717, 1.165) is 5.39 Å². The third-order valence-corrected chi connectivity index (χ3v) is 2.42. The molecule has 4 nitrogen and oxygen atoms in total. The first-order valence-electron chi connectivity index (χ1n) is 5.12. The Morgan fingerprint density at radius 1 is 1.47 bits per heavy atom. The lowest BCUT2D eigenvalue weighted by Crippen LogP contribution is -2.14. The lowest BCUT2D eigenvalue weighted by Gasteiger charge is -2.00. The maximum Gasteiger partial charge on any atom is 0.372 e. The summed E-state index contributed by atoms with van der Waals surface area (Å²) in [6.45, 7) is 0.765. The third-order valence-electron chi connectivity index (χ3n) is 2.42. The number of fused-ring (bicyclic) bond motifs is 1. The van der Waals surface area contributed by atoms with Crippen LogP contribution in [0.15, 0.2) is 28.7 Å². The molecule has 0 unspecified atom stereocenters. The molecular formula is C13H11NO3. The zero-order chi connectivity index (χ0) is 12.3. The van der Waals surface area contributed by atoms with Crippen molar-refractivity contribution in [2.45, 2.75) is 6.54 Å². The Morgan fingerprint density at radius 2 is 2.24 bits per heavy atom. The largest absolute Gasteiger partial charge is 0.475 e. The van der Waals surface area contributed by atoms with Crippen LogP contribution in [0.2, 0.25) is 0 Å². The predicted molar refractivity (Wildman–Crippen MR) is 63.7 cm³/mol. The molecule has 2 N–H and O–H groups in total. The number of furan rings is 1. The van der Waals surface area contributed by atoms with Gasteiger partial charge in [0, 0.05) is 17.5 Å². The third kappa shape index (κ3) is 2.14. The average Bonchev–Trinajstić information content (AvgIpc) is 2.69. The maximum absolute atomic E-state index is 11.1. The molecule has 0 saturated carbocycles. The molecule has 2 rings (SSSR count). The second-order valence-electron chi connectivity index (χ2n) is 3.52. The zero-order valence-electron chi connectivity index (χ0n) is 9.06. The van der Waals surface area contributed by atoms with Crippen molar-refractivity contribution in [2.75, 3.05) is 6.54 Å². The fourth-order valence-corrected chi connectivity index (χ4v) is 1.71. The topological polar surface area (TPSA) is 62.5 Å². The van der Waals surface area contributed by atoms with Crippen molar-refractivity contribution in [2.24, 2.45) is 0 Å². The lowest BCUT2D eigenvalue weighted by molar-refractivity contribution is 0.0663. The maximum atomic E-state index is 11.1. The summed E-state index contributed by atoms with van der Waals surface area (Å²) in [5.41, 5.74) is 1.20. The number of carboxylic acid groups (broad SMARTS) is 1. The summed E-state index contributed by atoms with van der Waals surface area (Å²) in [6.07, 6.45) is 5.13. The summed E-state index contributed by atoms with van der Waals surface area (Å²) in [5.74, 6) is 1.34. The normalized spacial score (nSPS) is 10.3. The molecule has 4 heteroatoms. The number of rotatable bonds is 4. The number of nitrogens with one attached hydrogen (secondary N) is 1. The average molecular weight is 229 g/mol. The minimum absolute atomic E-state index is 0.0317. The van der Waals surface area contributed by atoms with E-state index in [1.807, 2.05) is 12.1 Å². The number of hydrogen-bond acceptors (Lipinski definition) is 3. The van der Waals surface area contributed by atoms with Crippen LogP contribution in [0.5, 0.6) is 0 Å². The number of carbonyl (C=O) groups is 1. The molecule has 1 heterocycles. The lowest BCUT2D eigenvalue weighted by atomic mass is 10.1. The van der Waals surface area contributed by atoms with Gasteiger partial charge in [-0.25, -0.2) is 4.79 Å². The molecule has 0 fully saturated rings. The van der Waals surface area contributed by atoms with Gasteiger partial charge in [0.25, 0.3) is 0 Å². The Bertz CT molecular complexity index is 592. The van der Waals surface area contributed by atoms with Gasteiger partial charge in [-0.1, -0.05) is 24.1 Å². The smallest absolute Gasteiger partial charge is 0.372 e. The van der Waals surface area contributed by atoms with Crippen LogP contribution in [0.25, 0.3) is 11.0 Å². The minimum atomic E-state index is -1.07. The summed E-state index contributed by atoms with van der Waals surface area (Å²) in [5, 5.41) is 12.8. The summed E-state index contributed by atoms with van der Waals surface area (Å²) in [7, 11) is 0. The second-order valence-corrected chi connectivity index (χ2v) is 3.52. The van der Waals surface area contributed by atoms with E-state index in [1.165, 1.54) is 0 Å². The number of aromatic carboxylic acids is 1. The number of hydrogen-bond donors (Lipinski definition) is 2. The van der Waals surface area contributed by atoms with Crippen molar-refractivity contribution < 1.29 is 14.3 Å². The van der Waals surface area contributed by atoms with Gasteiger partial charge in [0.05, 0.1) is 6.54 Å². The van der Waals surface area contributed by atoms with Crippen LogP contribution < -0.4 is 5.32 Å². The second kappa shape index (κ2) is 4.73. The molecule has 1 aromatic heterocycles. The predicted octanol–water partition coefficient (Wildman–Crippen LogP) is 1.85. The number of para-hydroxylation sites is 1. The number of benzene rings is 1. The molecule has 0 aliphatic heterocycles. The fraction of sp³-hybridized carbons (Fsp3) is 0.154. The highest BCUT2D eigenvalue weighted by Crippen LogP contribution is 2.25. The van der Waals surface area contributed by atoms with Gasteiger partial charge in [-0.3, -0.25) is 0 Å². The van der Waals surface area contributed by atoms with Gasteiger partial charge >= 0.3 is 5.97 Å². The quantitative estimate of drug-likeness (QED) is 0.620. The van der Waals surface area contributed by atoms with Gasteiger partial charge in [0.1, 0.15) is 5.58 Å². The van der Waals surface area contributed by atoms with Gasteiger partial charge in [-0.2, -0.15) is 0 Å². The highest BCUT2D eigenvalue weighted by Gasteiger charge is 2.18. The number of terminal acetylenes is 1. The summed E-state index contributed by atoms with van der Waals surface area (Å²) in [6, 6.07) is 7.22. The molecule has 2 aromatic rings. The van der Waals surface area contributed by atoms with Crippen molar-refractivity contribution in [3.05, 3.63) is 35.6 Å². The molecule has 0 spiro atoms. The number of carboxylic acids is 1. The van der Waals surface area contributed by atoms with E-state index >= 15 is 0 Å². The molecule has 17 heavy (non-hydrogen) atoms. The van der Waals surface area contributed by atoms with Crippen LogP contribution >= 0.6 is 0 Å². The molecule has 1 aromatic carbocycles. The fourth-order valence-electron chi connectivity index (χ4n) is 1.71. The van der Waals surface area contributed by atoms with Crippen molar-refractivity contribution in [3.63, 3.8) is 0 Å². The Hall–Kier alpha value is -2.25. The molecule has 0 aliphatic carbocycles.